The molecule has 0 radical (unpaired) electrons. The molecule has 0 aliphatic carbocycles. The number of hydrogen-bond donors (Lipinski definition) is 2. The quantitative estimate of drug-likeness (QED) is 0.561. The van der Waals surface area contributed by atoms with E-state index in [1.165, 1.54) is 0 Å². The van der Waals surface area contributed by atoms with Crippen LogP contribution < -0.4 is 5.32 Å². The smallest absolute Gasteiger partial charge is 0.320 e. The first-order valence-electron chi connectivity index (χ1n) is 4.70. The molecule has 0 aromatic rings. The van der Waals surface area contributed by atoms with Crippen molar-refractivity contribution in [2.24, 2.45) is 0 Å². The summed E-state index contributed by atoms with van der Waals surface area (Å²) < 4.78 is 0. The second-order valence-electron chi connectivity index (χ2n) is 3.50. The number of nitrogens with one attached hydrogen (secondary N) is 1. The van der Waals surface area contributed by atoms with Gasteiger partial charge in [-0.15, -0.1) is 0 Å². The van der Waals surface area contributed by atoms with E-state index in [1.54, 1.807) is 4.90 Å². The van der Waals surface area contributed by atoms with Crippen LogP contribution in [0.1, 0.15) is 0 Å². The molecule has 0 saturated carbocycles. The molecule has 0 aromatic heterocycles. The molecular formula is C8H15N3O2. The Kier molecular flexibility index (Phi) is 2.37. The van der Waals surface area contributed by atoms with Gasteiger partial charge in [-0.2, -0.15) is 0 Å². The van der Waals surface area contributed by atoms with E-state index >= 15 is 0 Å². The molecule has 0 spiro atoms. The molecule has 2 amide bonds. The molecule has 1 atom stereocenters. The lowest BCUT2D eigenvalue weighted by atomic mass is 10.2. The number of fused-ring (bicyclic) bond motifs is 1. The van der Waals surface area contributed by atoms with Gasteiger partial charge in [0.15, 0.2) is 0 Å². The third-order valence-corrected chi connectivity index (χ3v) is 2.67. The van der Waals surface area contributed by atoms with Gasteiger partial charge in [0.1, 0.15) is 0 Å². The van der Waals surface area contributed by atoms with Crippen molar-refractivity contribution in [2.75, 3.05) is 39.3 Å². The van der Waals surface area contributed by atoms with Crippen LogP contribution >= 0.6 is 0 Å². The topological polar surface area (TPSA) is 55.8 Å². The number of carbonyl (C=O) groups is 1. The van der Waals surface area contributed by atoms with Crippen LogP contribution in [0.5, 0.6) is 0 Å². The first-order valence-corrected chi connectivity index (χ1v) is 4.70. The Morgan fingerprint density at radius 3 is 3.15 bits per heavy atom. The van der Waals surface area contributed by atoms with Crippen LogP contribution in [0.25, 0.3) is 0 Å². The van der Waals surface area contributed by atoms with Crippen LogP contribution in [0.3, 0.4) is 0 Å². The minimum atomic E-state index is 0.0553. The second kappa shape index (κ2) is 3.51. The fourth-order valence-electron chi connectivity index (χ4n) is 2.00. The molecule has 2 rings (SSSR count). The summed E-state index contributed by atoms with van der Waals surface area (Å²) in [5, 5.41) is 12.0. The van der Waals surface area contributed by atoms with Gasteiger partial charge in [0.05, 0.1) is 12.6 Å². The van der Waals surface area contributed by atoms with Crippen molar-refractivity contribution in [1.29, 1.82) is 0 Å². The number of aliphatic hydroxyl groups is 1. The largest absolute Gasteiger partial charge is 0.395 e. The van der Waals surface area contributed by atoms with Crippen LogP contribution in [0, 0.1) is 0 Å². The Morgan fingerprint density at radius 1 is 1.62 bits per heavy atom. The maximum absolute atomic E-state index is 11.6. The number of amides is 2. The molecule has 0 bridgehead atoms. The maximum atomic E-state index is 11.6. The lowest BCUT2D eigenvalue weighted by Gasteiger charge is -2.28. The number of hydrogen-bond acceptors (Lipinski definition) is 3. The molecule has 2 saturated heterocycles. The standard InChI is InChI=1S/C8H15N3O2/c12-4-3-10-6-7-5-9-1-2-11(7)8(10)13/h7,9,12H,1-6H2/t7-/m1/s1. The van der Waals surface area contributed by atoms with Crippen molar-refractivity contribution >= 4 is 6.03 Å². The fraction of sp³-hybridized carbons (Fsp3) is 0.875. The molecular weight excluding hydrogens is 170 g/mol. The second-order valence-corrected chi connectivity index (χ2v) is 3.50. The van der Waals surface area contributed by atoms with E-state index in [4.69, 9.17) is 5.11 Å². The third-order valence-electron chi connectivity index (χ3n) is 2.67. The van der Waals surface area contributed by atoms with Gasteiger partial charge < -0.3 is 20.2 Å². The van der Waals surface area contributed by atoms with Gasteiger partial charge >= 0.3 is 6.03 Å². The molecule has 13 heavy (non-hydrogen) atoms. The van der Waals surface area contributed by atoms with Crippen LogP contribution in [-0.4, -0.2) is 66.3 Å². The zero-order valence-corrected chi connectivity index (χ0v) is 7.57. The lowest BCUT2D eigenvalue weighted by molar-refractivity contribution is 0.171. The molecule has 0 unspecified atom stereocenters. The van der Waals surface area contributed by atoms with E-state index in [2.05, 4.69) is 5.32 Å². The fourth-order valence-corrected chi connectivity index (χ4v) is 2.00. The highest BCUT2D eigenvalue weighted by atomic mass is 16.3. The van der Waals surface area contributed by atoms with E-state index < -0.39 is 0 Å². The summed E-state index contributed by atoms with van der Waals surface area (Å²) in [4.78, 5) is 15.3. The van der Waals surface area contributed by atoms with Crippen molar-refractivity contribution in [1.82, 2.24) is 15.1 Å². The average Bonchev–Trinajstić information content (AvgIpc) is 2.46. The normalized spacial score (nSPS) is 28.1. The first-order chi connectivity index (χ1) is 6.33. The molecule has 2 N–H and O–H groups in total. The molecule has 2 fully saturated rings. The van der Waals surface area contributed by atoms with E-state index in [-0.39, 0.29) is 12.6 Å². The summed E-state index contributed by atoms with van der Waals surface area (Å²) >= 11 is 0. The number of β-amino-alcohol motifs (C(OH)–C–C–N with tert-alkyl or cyclic N) is 1. The Bertz CT molecular complexity index is 210. The van der Waals surface area contributed by atoms with Crippen LogP contribution in [0.15, 0.2) is 0 Å². The zero-order chi connectivity index (χ0) is 9.26. The molecule has 0 aromatic carbocycles. The van der Waals surface area contributed by atoms with Crippen LogP contribution in [-0.2, 0) is 0 Å². The Balaban J connectivity index is 2.01. The van der Waals surface area contributed by atoms with Gasteiger partial charge in [-0.3, -0.25) is 0 Å². The predicted molar refractivity (Wildman–Crippen MR) is 47.4 cm³/mol. The summed E-state index contributed by atoms with van der Waals surface area (Å²) in [5.41, 5.74) is 0. The minimum Gasteiger partial charge on any atom is -0.395 e. The summed E-state index contributed by atoms with van der Waals surface area (Å²) in [7, 11) is 0. The van der Waals surface area contributed by atoms with Crippen LogP contribution in [0.2, 0.25) is 0 Å². The van der Waals surface area contributed by atoms with Gasteiger partial charge in [-0.25, -0.2) is 4.79 Å². The van der Waals surface area contributed by atoms with Crippen molar-refractivity contribution in [3.63, 3.8) is 0 Å². The van der Waals surface area contributed by atoms with Crippen molar-refractivity contribution < 1.29 is 9.90 Å². The number of urea groups is 1. The molecule has 2 aliphatic heterocycles. The number of nitrogens with zero attached hydrogens (tertiary/aromatic N) is 2. The third kappa shape index (κ3) is 1.49. The van der Waals surface area contributed by atoms with E-state index in [0.717, 1.165) is 26.2 Å². The number of carbonyl (C=O) groups excluding carboxylic acids is 1. The summed E-state index contributed by atoms with van der Waals surface area (Å²) in [6, 6.07) is 0.397. The Hall–Kier alpha value is -0.810. The highest BCUT2D eigenvalue weighted by Crippen LogP contribution is 2.16. The van der Waals surface area contributed by atoms with Gasteiger partial charge in [-0.05, 0) is 0 Å². The van der Waals surface area contributed by atoms with E-state index in [0.29, 0.717) is 12.6 Å². The lowest BCUT2D eigenvalue weighted by Crippen LogP contribution is -2.49. The predicted octanol–water partition coefficient (Wildman–Crippen LogP) is -1.31. The van der Waals surface area contributed by atoms with Crippen molar-refractivity contribution in [3.05, 3.63) is 0 Å². The van der Waals surface area contributed by atoms with E-state index in [9.17, 15) is 4.79 Å². The van der Waals surface area contributed by atoms with E-state index in [1.807, 2.05) is 4.90 Å². The Morgan fingerprint density at radius 2 is 2.46 bits per heavy atom. The maximum Gasteiger partial charge on any atom is 0.320 e. The highest BCUT2D eigenvalue weighted by molar-refractivity contribution is 5.77. The number of aliphatic hydroxyl groups excluding tert-OH is 1. The molecule has 2 aliphatic rings. The molecule has 2 heterocycles. The van der Waals surface area contributed by atoms with Gasteiger partial charge in [0.25, 0.3) is 0 Å². The minimum absolute atomic E-state index is 0.0553. The summed E-state index contributed by atoms with van der Waals surface area (Å²) in [5.74, 6) is 0. The summed E-state index contributed by atoms with van der Waals surface area (Å²) in [6.45, 7) is 3.84. The SMILES string of the molecule is O=C1N(CCO)C[C@H]2CNCCN12. The molecule has 5 heteroatoms. The van der Waals surface area contributed by atoms with Crippen molar-refractivity contribution in [3.8, 4) is 0 Å². The highest BCUT2D eigenvalue weighted by Gasteiger charge is 2.37. The monoisotopic (exact) mass is 185 g/mol. The zero-order valence-electron chi connectivity index (χ0n) is 7.57. The molecule has 74 valence electrons. The first kappa shape index (κ1) is 8.77. The molecule has 5 nitrogen and oxygen atoms in total. The Labute approximate surface area is 77.3 Å². The number of rotatable bonds is 2. The van der Waals surface area contributed by atoms with Crippen LogP contribution in [0.4, 0.5) is 4.79 Å². The summed E-state index contributed by atoms with van der Waals surface area (Å²) in [6.07, 6.45) is 0. The van der Waals surface area contributed by atoms with Crippen molar-refractivity contribution in [2.45, 2.75) is 6.04 Å². The van der Waals surface area contributed by atoms with Gasteiger partial charge in [0.2, 0.25) is 0 Å². The number of piperazine rings is 1. The average molecular weight is 185 g/mol. The van der Waals surface area contributed by atoms with Gasteiger partial charge in [0, 0.05) is 32.7 Å². The van der Waals surface area contributed by atoms with Gasteiger partial charge in [-0.1, -0.05) is 0 Å².